The van der Waals surface area contributed by atoms with E-state index in [0.29, 0.717) is 37.0 Å². The summed E-state index contributed by atoms with van der Waals surface area (Å²) in [5.74, 6) is 1.51. The maximum atomic E-state index is 11.9. The van der Waals surface area contributed by atoms with Gasteiger partial charge in [-0.2, -0.15) is 4.98 Å². The van der Waals surface area contributed by atoms with Crippen molar-refractivity contribution in [1.29, 1.82) is 0 Å². The van der Waals surface area contributed by atoms with E-state index in [-0.39, 0.29) is 5.91 Å². The van der Waals surface area contributed by atoms with Gasteiger partial charge in [-0.3, -0.25) is 4.79 Å². The third-order valence-corrected chi connectivity index (χ3v) is 4.79. The molecule has 0 aliphatic rings. The van der Waals surface area contributed by atoms with E-state index in [1.165, 1.54) is 5.56 Å². The largest absolute Gasteiger partial charge is 0.351 e. The number of hydrogen-bond donors (Lipinski definition) is 1. The molecule has 0 saturated carbocycles. The van der Waals surface area contributed by atoms with Crippen molar-refractivity contribution in [2.45, 2.75) is 39.2 Å². The third kappa shape index (κ3) is 4.76. The molecule has 0 saturated heterocycles. The molecule has 2 heterocycles. The maximum absolute atomic E-state index is 11.9. The van der Waals surface area contributed by atoms with Gasteiger partial charge in [0.25, 0.3) is 0 Å². The van der Waals surface area contributed by atoms with Crippen LogP contribution in [-0.2, 0) is 17.8 Å². The van der Waals surface area contributed by atoms with E-state index in [4.69, 9.17) is 4.52 Å². The van der Waals surface area contributed by atoms with Gasteiger partial charge in [0.1, 0.15) is 0 Å². The summed E-state index contributed by atoms with van der Waals surface area (Å²) in [5, 5.41) is 8.90. The lowest BCUT2D eigenvalue weighted by molar-refractivity contribution is -0.121. The lowest BCUT2D eigenvalue weighted by Gasteiger charge is -2.04. The van der Waals surface area contributed by atoms with E-state index in [9.17, 15) is 4.79 Å². The molecule has 3 aromatic rings. The zero-order valence-electron chi connectivity index (χ0n) is 14.4. The Morgan fingerprint density at radius 1 is 1.24 bits per heavy atom. The number of rotatable bonds is 7. The molecule has 0 bridgehead atoms. The second kappa shape index (κ2) is 8.07. The van der Waals surface area contributed by atoms with Crippen molar-refractivity contribution >= 4 is 17.2 Å². The smallest absolute Gasteiger partial charge is 0.227 e. The topological polar surface area (TPSA) is 68.0 Å². The quantitative estimate of drug-likeness (QED) is 0.691. The third-order valence-electron chi connectivity index (χ3n) is 3.91. The summed E-state index contributed by atoms with van der Waals surface area (Å²) < 4.78 is 5.26. The van der Waals surface area contributed by atoms with Crippen molar-refractivity contribution in [2.24, 2.45) is 0 Å². The average Bonchev–Trinajstić information content (AvgIpc) is 3.30. The second-order valence-electron chi connectivity index (χ2n) is 6.14. The second-order valence-corrected chi connectivity index (χ2v) is 7.18. The number of nitrogens with one attached hydrogen (secondary N) is 1. The number of aryl methyl sites for hydroxylation is 1. The van der Waals surface area contributed by atoms with Gasteiger partial charge >= 0.3 is 0 Å². The Hall–Kier alpha value is -2.47. The van der Waals surface area contributed by atoms with Gasteiger partial charge in [0, 0.05) is 23.3 Å². The Morgan fingerprint density at radius 2 is 2.04 bits per heavy atom. The van der Waals surface area contributed by atoms with Crippen molar-refractivity contribution in [2.75, 3.05) is 0 Å². The van der Waals surface area contributed by atoms with Crippen molar-refractivity contribution in [1.82, 2.24) is 15.5 Å². The van der Waals surface area contributed by atoms with Gasteiger partial charge in [-0.25, -0.2) is 0 Å². The number of aromatic nitrogens is 2. The van der Waals surface area contributed by atoms with Crippen LogP contribution in [0.4, 0.5) is 0 Å². The lowest BCUT2D eigenvalue weighted by Crippen LogP contribution is -2.22. The Balaban J connectivity index is 1.52. The first kappa shape index (κ1) is 17.4. The molecule has 25 heavy (non-hydrogen) atoms. The van der Waals surface area contributed by atoms with Crippen LogP contribution in [0.2, 0.25) is 0 Å². The van der Waals surface area contributed by atoms with E-state index >= 15 is 0 Å². The molecule has 0 spiro atoms. The van der Waals surface area contributed by atoms with E-state index in [0.717, 1.165) is 10.4 Å². The van der Waals surface area contributed by atoms with Crippen LogP contribution in [0.25, 0.3) is 11.4 Å². The highest BCUT2D eigenvalue weighted by Gasteiger charge is 2.11. The monoisotopic (exact) mass is 355 g/mol. The van der Waals surface area contributed by atoms with Crippen LogP contribution in [0.3, 0.4) is 0 Å². The maximum Gasteiger partial charge on any atom is 0.227 e. The van der Waals surface area contributed by atoms with Gasteiger partial charge in [0.2, 0.25) is 17.6 Å². The number of carbonyl (C=O) groups excluding carboxylic acids is 1. The SMILES string of the molecule is CC(C)c1ccc(-c2noc(CCC(=O)NCc3cccs3)n2)cc1. The van der Waals surface area contributed by atoms with Gasteiger partial charge in [-0.15, -0.1) is 11.3 Å². The molecule has 130 valence electrons. The average molecular weight is 355 g/mol. The molecule has 0 radical (unpaired) electrons. The minimum Gasteiger partial charge on any atom is -0.351 e. The van der Waals surface area contributed by atoms with E-state index < -0.39 is 0 Å². The van der Waals surface area contributed by atoms with Gasteiger partial charge in [-0.05, 0) is 22.9 Å². The highest BCUT2D eigenvalue weighted by molar-refractivity contribution is 7.09. The summed E-state index contributed by atoms with van der Waals surface area (Å²) in [5.41, 5.74) is 2.19. The fraction of sp³-hybridized carbons (Fsp3) is 0.316. The van der Waals surface area contributed by atoms with Crippen LogP contribution < -0.4 is 5.32 Å². The molecule has 1 N–H and O–H groups in total. The molecule has 6 heteroatoms. The summed E-state index contributed by atoms with van der Waals surface area (Å²) in [6.45, 7) is 4.88. The summed E-state index contributed by atoms with van der Waals surface area (Å²) in [6.07, 6.45) is 0.770. The predicted molar refractivity (Wildman–Crippen MR) is 98.3 cm³/mol. The first-order valence-electron chi connectivity index (χ1n) is 8.34. The van der Waals surface area contributed by atoms with Gasteiger partial charge in [0.15, 0.2) is 0 Å². The minimum absolute atomic E-state index is 0.0190. The highest BCUT2D eigenvalue weighted by Crippen LogP contribution is 2.20. The highest BCUT2D eigenvalue weighted by atomic mass is 32.1. The van der Waals surface area contributed by atoms with Gasteiger partial charge in [0.05, 0.1) is 6.54 Å². The number of hydrogen-bond acceptors (Lipinski definition) is 5. The summed E-state index contributed by atoms with van der Waals surface area (Å²) >= 11 is 1.63. The van der Waals surface area contributed by atoms with Gasteiger partial charge < -0.3 is 9.84 Å². The minimum atomic E-state index is -0.0190. The summed E-state index contributed by atoms with van der Waals surface area (Å²) in [6, 6.07) is 12.1. The zero-order chi connectivity index (χ0) is 17.6. The standard InChI is InChI=1S/C19H21N3O2S/c1-13(2)14-5-7-15(8-6-14)19-21-18(24-22-19)10-9-17(23)20-12-16-4-3-11-25-16/h3-8,11,13H,9-10,12H2,1-2H3,(H,20,23). The molecule has 2 aromatic heterocycles. The van der Waals surface area contributed by atoms with Crippen LogP contribution in [0.5, 0.6) is 0 Å². The molecule has 0 atom stereocenters. The molecule has 1 aromatic carbocycles. The van der Waals surface area contributed by atoms with Crippen LogP contribution in [0, 0.1) is 0 Å². The van der Waals surface area contributed by atoms with Crippen molar-refractivity contribution in [3.05, 3.63) is 58.1 Å². The van der Waals surface area contributed by atoms with Crippen LogP contribution >= 0.6 is 11.3 Å². The Kier molecular flexibility index (Phi) is 5.60. The molecule has 3 rings (SSSR count). The van der Waals surface area contributed by atoms with Crippen LogP contribution in [-0.4, -0.2) is 16.0 Å². The molecular weight excluding hydrogens is 334 g/mol. The number of benzene rings is 1. The van der Waals surface area contributed by atoms with Gasteiger partial charge in [-0.1, -0.05) is 49.3 Å². The first-order valence-corrected chi connectivity index (χ1v) is 9.22. The number of nitrogens with zero attached hydrogens (tertiary/aromatic N) is 2. The number of carbonyl (C=O) groups is 1. The molecule has 0 fully saturated rings. The Morgan fingerprint density at radius 3 is 2.72 bits per heavy atom. The normalized spacial score (nSPS) is 11.0. The van der Waals surface area contributed by atoms with Crippen molar-refractivity contribution in [3.8, 4) is 11.4 Å². The number of thiophene rings is 1. The molecule has 0 unspecified atom stereocenters. The van der Waals surface area contributed by atoms with Crippen LogP contribution in [0.1, 0.15) is 42.5 Å². The Bertz CT molecular complexity index is 808. The van der Waals surface area contributed by atoms with Crippen LogP contribution in [0.15, 0.2) is 46.3 Å². The van der Waals surface area contributed by atoms with Crippen molar-refractivity contribution < 1.29 is 9.32 Å². The fourth-order valence-corrected chi connectivity index (χ4v) is 3.04. The van der Waals surface area contributed by atoms with E-state index in [1.807, 2.05) is 29.6 Å². The Labute approximate surface area is 151 Å². The first-order chi connectivity index (χ1) is 12.1. The molecule has 0 aliphatic heterocycles. The summed E-state index contributed by atoms with van der Waals surface area (Å²) in [7, 11) is 0. The molecular formula is C19H21N3O2S. The molecule has 0 aliphatic carbocycles. The number of amides is 1. The predicted octanol–water partition coefficient (Wildman–Crippen LogP) is 4.17. The zero-order valence-corrected chi connectivity index (χ0v) is 15.2. The van der Waals surface area contributed by atoms with Crippen molar-refractivity contribution in [3.63, 3.8) is 0 Å². The lowest BCUT2D eigenvalue weighted by atomic mass is 10.0. The molecule has 1 amide bonds. The van der Waals surface area contributed by atoms with E-state index in [2.05, 4.69) is 41.4 Å². The van der Waals surface area contributed by atoms with E-state index in [1.54, 1.807) is 11.3 Å². The molecule has 5 nitrogen and oxygen atoms in total. The fourth-order valence-electron chi connectivity index (χ4n) is 2.40. The summed E-state index contributed by atoms with van der Waals surface area (Å²) in [4.78, 5) is 17.4.